The third-order valence-electron chi connectivity index (χ3n) is 6.72. The Morgan fingerprint density at radius 3 is 2.50 bits per heavy atom. The predicted octanol–water partition coefficient (Wildman–Crippen LogP) is 6.70. The lowest BCUT2D eigenvalue weighted by Crippen LogP contribution is -2.36. The second kappa shape index (κ2) is 5.82. The van der Waals surface area contributed by atoms with E-state index in [9.17, 15) is 0 Å². The smallest absolute Gasteiger partial charge is 0.206 e. The molecule has 3 heterocycles. The quantitative estimate of drug-likeness (QED) is 0.316. The number of hydrogen-bond acceptors (Lipinski definition) is 3. The molecule has 150 valence electrons. The zero-order valence-electron chi connectivity index (χ0n) is 18.0. The predicted molar refractivity (Wildman–Crippen MR) is 125 cm³/mol. The first-order chi connectivity index (χ1) is 14.5. The molecule has 1 aliphatic heterocycles. The summed E-state index contributed by atoms with van der Waals surface area (Å²) >= 11 is 0. The lowest BCUT2D eigenvalue weighted by atomic mass is 10.1. The third-order valence-corrected chi connectivity index (χ3v) is 6.72. The molecule has 0 fully saturated rings. The van der Waals surface area contributed by atoms with Crippen LogP contribution in [0.25, 0.3) is 27.7 Å². The van der Waals surface area contributed by atoms with Crippen LogP contribution in [0.4, 0.5) is 17.1 Å². The van der Waals surface area contributed by atoms with Gasteiger partial charge in [0, 0.05) is 24.2 Å². The average Bonchev–Trinajstić information content (AvgIpc) is 3.34. The molecule has 6 rings (SSSR count). The van der Waals surface area contributed by atoms with E-state index in [1.54, 1.807) is 0 Å². The molecular weight excluding hydrogens is 370 g/mol. The van der Waals surface area contributed by atoms with E-state index in [4.69, 9.17) is 4.42 Å². The van der Waals surface area contributed by atoms with E-state index in [0.29, 0.717) is 0 Å². The van der Waals surface area contributed by atoms with Crippen molar-refractivity contribution in [2.24, 2.45) is 0 Å². The average molecular weight is 396 g/mol. The minimum atomic E-state index is 0.233. The highest BCUT2D eigenvalue weighted by atomic mass is 16.3. The Hall–Kier alpha value is -3.40. The van der Waals surface area contributed by atoms with Gasteiger partial charge < -0.3 is 14.2 Å². The Balaban J connectivity index is 1.71. The summed E-state index contributed by atoms with van der Waals surface area (Å²) in [6.07, 6.45) is 0.233. The molecule has 0 saturated heterocycles. The first-order valence-corrected chi connectivity index (χ1v) is 10.5. The van der Waals surface area contributed by atoms with Gasteiger partial charge in [0.1, 0.15) is 6.17 Å². The number of hydrogen-bond donors (Lipinski definition) is 0. The summed E-state index contributed by atoms with van der Waals surface area (Å²) in [7, 11) is 2.18. The lowest BCUT2D eigenvalue weighted by molar-refractivity contribution is 0.654. The number of anilines is 3. The summed E-state index contributed by atoms with van der Waals surface area (Å²) in [5.41, 5.74) is 11.7. The molecule has 0 saturated carbocycles. The number of rotatable bonds is 1. The molecule has 0 spiro atoms. The number of fused-ring (bicyclic) bond motifs is 7. The molecular formula is C26H25N3O. The summed E-state index contributed by atoms with van der Waals surface area (Å²) in [6.45, 7) is 8.73. The van der Waals surface area contributed by atoms with E-state index >= 15 is 0 Å². The highest BCUT2D eigenvalue weighted by Crippen LogP contribution is 2.49. The molecule has 3 aromatic carbocycles. The van der Waals surface area contributed by atoms with Crippen LogP contribution in [0.5, 0.6) is 0 Å². The first-order valence-electron chi connectivity index (χ1n) is 10.5. The summed E-state index contributed by atoms with van der Waals surface area (Å²) in [4.78, 5) is 4.84. The van der Waals surface area contributed by atoms with Crippen molar-refractivity contribution in [1.82, 2.24) is 4.40 Å². The van der Waals surface area contributed by atoms with E-state index in [-0.39, 0.29) is 6.17 Å². The zero-order chi connectivity index (χ0) is 20.7. The van der Waals surface area contributed by atoms with E-state index in [1.807, 2.05) is 0 Å². The SMILES string of the molecule is Cc1ccc(C)c(N2c3c(ccc4c3cc3oc5c(C)cccc5n34)N(C)[C@@H]2C)c1. The van der Waals surface area contributed by atoms with Crippen molar-refractivity contribution in [2.75, 3.05) is 16.8 Å². The largest absolute Gasteiger partial charge is 0.438 e. The molecule has 0 bridgehead atoms. The van der Waals surface area contributed by atoms with Gasteiger partial charge in [0.05, 0.1) is 22.4 Å². The fraction of sp³-hybridized carbons (Fsp3) is 0.231. The summed E-state index contributed by atoms with van der Waals surface area (Å²) < 4.78 is 8.55. The molecule has 4 nitrogen and oxygen atoms in total. The van der Waals surface area contributed by atoms with Crippen LogP contribution in [0.3, 0.4) is 0 Å². The van der Waals surface area contributed by atoms with Crippen molar-refractivity contribution in [3.63, 3.8) is 0 Å². The fourth-order valence-corrected chi connectivity index (χ4v) is 5.00. The molecule has 2 aromatic heterocycles. The number of aromatic nitrogens is 1. The minimum Gasteiger partial charge on any atom is -0.438 e. The van der Waals surface area contributed by atoms with Crippen LogP contribution in [0.15, 0.2) is 59.0 Å². The van der Waals surface area contributed by atoms with Crippen LogP contribution in [0.2, 0.25) is 0 Å². The van der Waals surface area contributed by atoms with Crippen molar-refractivity contribution in [2.45, 2.75) is 33.9 Å². The number of oxazole rings is 1. The van der Waals surface area contributed by atoms with Crippen LogP contribution in [0, 0.1) is 20.8 Å². The second-order valence-corrected chi connectivity index (χ2v) is 8.61. The van der Waals surface area contributed by atoms with Gasteiger partial charge in [0.15, 0.2) is 5.58 Å². The monoisotopic (exact) mass is 395 g/mol. The van der Waals surface area contributed by atoms with Gasteiger partial charge in [-0.25, -0.2) is 0 Å². The van der Waals surface area contributed by atoms with E-state index in [1.165, 1.54) is 39.1 Å². The number of aryl methyl sites for hydroxylation is 3. The number of benzene rings is 3. The first kappa shape index (κ1) is 17.5. The summed E-state index contributed by atoms with van der Waals surface area (Å²) in [5, 5.41) is 1.23. The summed E-state index contributed by atoms with van der Waals surface area (Å²) in [6, 6.07) is 19.7. The molecule has 0 aliphatic carbocycles. The van der Waals surface area contributed by atoms with Gasteiger partial charge in [0.2, 0.25) is 5.71 Å². The van der Waals surface area contributed by atoms with E-state index in [0.717, 1.165) is 22.4 Å². The van der Waals surface area contributed by atoms with Gasteiger partial charge in [-0.2, -0.15) is 0 Å². The molecule has 1 atom stereocenters. The van der Waals surface area contributed by atoms with Gasteiger partial charge in [-0.15, -0.1) is 0 Å². The van der Waals surface area contributed by atoms with Gasteiger partial charge in [0.25, 0.3) is 0 Å². The van der Waals surface area contributed by atoms with Crippen LogP contribution < -0.4 is 9.80 Å². The van der Waals surface area contributed by atoms with E-state index in [2.05, 4.69) is 104 Å². The molecule has 1 aliphatic rings. The maximum absolute atomic E-state index is 6.30. The zero-order valence-corrected chi connectivity index (χ0v) is 18.0. The van der Waals surface area contributed by atoms with Gasteiger partial charge in [-0.1, -0.05) is 24.3 Å². The Kier molecular flexibility index (Phi) is 3.39. The summed E-state index contributed by atoms with van der Waals surface area (Å²) in [5.74, 6) is 0. The van der Waals surface area contributed by atoms with Crippen molar-refractivity contribution >= 4 is 44.8 Å². The molecule has 30 heavy (non-hydrogen) atoms. The molecule has 0 N–H and O–H groups in total. The normalized spacial score (nSPS) is 16.4. The molecule has 5 aromatic rings. The highest BCUT2D eigenvalue weighted by molar-refractivity contribution is 6.08. The molecule has 0 radical (unpaired) electrons. The molecule has 4 heteroatoms. The van der Waals surface area contributed by atoms with Crippen molar-refractivity contribution in [3.05, 3.63) is 71.3 Å². The van der Waals surface area contributed by atoms with Crippen LogP contribution in [-0.4, -0.2) is 17.6 Å². The van der Waals surface area contributed by atoms with Crippen molar-refractivity contribution in [1.29, 1.82) is 0 Å². The highest BCUT2D eigenvalue weighted by Gasteiger charge is 2.34. The molecule has 0 amide bonds. The van der Waals surface area contributed by atoms with Crippen molar-refractivity contribution in [3.8, 4) is 0 Å². The Bertz CT molecular complexity index is 1470. The number of para-hydroxylation sites is 1. The van der Waals surface area contributed by atoms with E-state index < -0.39 is 0 Å². The Labute approximate surface area is 175 Å². The minimum absolute atomic E-state index is 0.233. The van der Waals surface area contributed by atoms with Gasteiger partial charge in [-0.05, 0) is 68.7 Å². The maximum Gasteiger partial charge on any atom is 0.206 e. The van der Waals surface area contributed by atoms with Crippen LogP contribution in [-0.2, 0) is 0 Å². The number of nitrogens with zero attached hydrogens (tertiary/aromatic N) is 3. The molecule has 0 unspecified atom stereocenters. The van der Waals surface area contributed by atoms with Crippen molar-refractivity contribution < 1.29 is 4.42 Å². The lowest BCUT2D eigenvalue weighted by Gasteiger charge is -2.29. The van der Waals surface area contributed by atoms with Gasteiger partial charge >= 0.3 is 0 Å². The van der Waals surface area contributed by atoms with Crippen LogP contribution >= 0.6 is 0 Å². The Morgan fingerprint density at radius 1 is 0.833 bits per heavy atom. The van der Waals surface area contributed by atoms with Gasteiger partial charge in [-0.3, -0.25) is 4.40 Å². The fourth-order valence-electron chi connectivity index (χ4n) is 5.00. The second-order valence-electron chi connectivity index (χ2n) is 8.61. The maximum atomic E-state index is 6.30. The Morgan fingerprint density at radius 2 is 1.67 bits per heavy atom. The topological polar surface area (TPSA) is 24.0 Å². The van der Waals surface area contributed by atoms with Crippen LogP contribution in [0.1, 0.15) is 23.6 Å². The third kappa shape index (κ3) is 2.11. The standard InChI is InChI=1S/C26H25N3O/c1-15-9-10-16(2)23(13-15)28-18(4)27(5)21-12-11-20-19(25(21)28)14-24-29(20)22-8-6-7-17(3)26(22)30-24/h6-14,18H,1-5H3/t18-/m0/s1.